The van der Waals surface area contributed by atoms with E-state index in [2.05, 4.69) is 5.32 Å². The first-order valence-corrected chi connectivity index (χ1v) is 8.31. The third-order valence-electron chi connectivity index (χ3n) is 5.26. The number of nitrogens with one attached hydrogen (secondary N) is 1. The first-order chi connectivity index (χ1) is 9.69. The van der Waals surface area contributed by atoms with E-state index in [9.17, 15) is 4.79 Å². The smallest absolute Gasteiger partial charge is 0.238 e. The maximum Gasteiger partial charge on any atom is 0.238 e. The highest BCUT2D eigenvalue weighted by atomic mass is 16.5. The monoisotopic (exact) mass is 282 g/mol. The average Bonchev–Trinajstić information content (AvgIpc) is 2.76. The number of carbonyl (C=O) groups is 1. The molecule has 2 saturated carbocycles. The van der Waals surface area contributed by atoms with Crippen LogP contribution >= 0.6 is 0 Å². The Bertz CT molecular complexity index is 318. The van der Waals surface area contributed by atoms with E-state index in [0.717, 1.165) is 51.4 Å². The number of ether oxygens (including phenoxy) is 1. The van der Waals surface area contributed by atoms with Crippen molar-refractivity contribution >= 4 is 5.91 Å². The zero-order valence-corrected chi connectivity index (χ0v) is 12.8. The van der Waals surface area contributed by atoms with Gasteiger partial charge in [-0.15, -0.1) is 0 Å². The first-order valence-electron chi connectivity index (χ1n) is 8.31. The first kappa shape index (κ1) is 15.8. The van der Waals surface area contributed by atoms with Crippen molar-refractivity contribution in [3.63, 3.8) is 0 Å². The molecule has 0 aromatic heterocycles. The van der Waals surface area contributed by atoms with Gasteiger partial charge in [-0.05, 0) is 44.1 Å². The van der Waals surface area contributed by atoms with Crippen molar-refractivity contribution in [3.05, 3.63) is 0 Å². The molecule has 2 aliphatic carbocycles. The highest BCUT2D eigenvalue weighted by molar-refractivity contribution is 5.85. The van der Waals surface area contributed by atoms with Crippen molar-refractivity contribution in [1.82, 2.24) is 5.32 Å². The van der Waals surface area contributed by atoms with E-state index in [1.807, 2.05) is 6.92 Å². The molecular formula is C16H30N2O2. The van der Waals surface area contributed by atoms with Gasteiger partial charge >= 0.3 is 0 Å². The Hall–Kier alpha value is -0.610. The summed E-state index contributed by atoms with van der Waals surface area (Å²) >= 11 is 0. The second kappa shape index (κ2) is 7.41. The van der Waals surface area contributed by atoms with E-state index in [4.69, 9.17) is 10.5 Å². The summed E-state index contributed by atoms with van der Waals surface area (Å²) in [5.41, 5.74) is 5.18. The fraction of sp³-hybridized carbons (Fsp3) is 0.938. The Kier molecular flexibility index (Phi) is 5.85. The van der Waals surface area contributed by atoms with Crippen molar-refractivity contribution in [2.75, 3.05) is 19.8 Å². The third kappa shape index (κ3) is 3.53. The molecule has 2 unspecified atom stereocenters. The van der Waals surface area contributed by atoms with Gasteiger partial charge in [0.2, 0.25) is 5.91 Å². The molecule has 1 amide bonds. The van der Waals surface area contributed by atoms with Crippen LogP contribution in [0.15, 0.2) is 0 Å². The van der Waals surface area contributed by atoms with E-state index >= 15 is 0 Å². The minimum Gasteiger partial charge on any atom is -0.381 e. The number of amides is 1. The Balaban J connectivity index is 1.70. The molecule has 0 radical (unpaired) electrons. The summed E-state index contributed by atoms with van der Waals surface area (Å²) in [6, 6.07) is 0. The molecule has 4 nitrogen and oxygen atoms in total. The number of hydrogen-bond acceptors (Lipinski definition) is 3. The molecule has 0 aromatic carbocycles. The van der Waals surface area contributed by atoms with Gasteiger partial charge in [0.05, 0.1) is 0 Å². The summed E-state index contributed by atoms with van der Waals surface area (Å²) in [5, 5.41) is 3.35. The molecule has 0 bridgehead atoms. The average molecular weight is 282 g/mol. The molecule has 20 heavy (non-hydrogen) atoms. The molecule has 0 aromatic rings. The van der Waals surface area contributed by atoms with Crippen LogP contribution in [0.2, 0.25) is 0 Å². The van der Waals surface area contributed by atoms with Crippen LogP contribution in [-0.2, 0) is 9.53 Å². The summed E-state index contributed by atoms with van der Waals surface area (Å²) in [6.45, 7) is 4.47. The van der Waals surface area contributed by atoms with Gasteiger partial charge in [-0.3, -0.25) is 4.79 Å². The molecule has 3 N–H and O–H groups in total. The molecule has 0 heterocycles. The molecule has 4 heteroatoms. The molecule has 2 rings (SSSR count). The topological polar surface area (TPSA) is 64.3 Å². The molecule has 0 saturated heterocycles. The van der Waals surface area contributed by atoms with E-state index in [0.29, 0.717) is 5.92 Å². The summed E-state index contributed by atoms with van der Waals surface area (Å²) in [4.78, 5) is 11.9. The molecule has 2 atom stereocenters. The van der Waals surface area contributed by atoms with Crippen LogP contribution in [0.4, 0.5) is 0 Å². The SMILES string of the molecule is CCNC1(C(N)=O)CCCC1CCOCCC1CCC1. The van der Waals surface area contributed by atoms with Gasteiger partial charge in [0.1, 0.15) is 5.54 Å². The quantitative estimate of drug-likeness (QED) is 0.637. The predicted octanol–water partition coefficient (Wildman–Crippen LogP) is 2.22. The van der Waals surface area contributed by atoms with Gasteiger partial charge in [-0.1, -0.05) is 32.6 Å². The number of nitrogens with two attached hydrogens (primary N) is 1. The van der Waals surface area contributed by atoms with Crippen LogP contribution in [0, 0.1) is 11.8 Å². The summed E-state index contributed by atoms with van der Waals surface area (Å²) in [6.07, 6.45) is 9.37. The molecular weight excluding hydrogens is 252 g/mol. The zero-order chi connectivity index (χ0) is 14.4. The Morgan fingerprint density at radius 1 is 1.25 bits per heavy atom. The molecule has 2 fully saturated rings. The van der Waals surface area contributed by atoms with Gasteiger partial charge in [0, 0.05) is 13.2 Å². The second-order valence-corrected chi connectivity index (χ2v) is 6.44. The van der Waals surface area contributed by atoms with Crippen molar-refractivity contribution in [2.45, 2.75) is 63.8 Å². The third-order valence-corrected chi connectivity index (χ3v) is 5.26. The van der Waals surface area contributed by atoms with Crippen LogP contribution in [0.1, 0.15) is 58.3 Å². The van der Waals surface area contributed by atoms with Crippen LogP contribution < -0.4 is 11.1 Å². The number of carbonyl (C=O) groups excluding carboxylic acids is 1. The second-order valence-electron chi connectivity index (χ2n) is 6.44. The van der Waals surface area contributed by atoms with E-state index < -0.39 is 5.54 Å². The Morgan fingerprint density at radius 3 is 2.60 bits per heavy atom. The lowest BCUT2D eigenvalue weighted by atomic mass is 9.83. The molecule has 0 aliphatic heterocycles. The lowest BCUT2D eigenvalue weighted by molar-refractivity contribution is -0.126. The van der Waals surface area contributed by atoms with Crippen LogP contribution in [0.25, 0.3) is 0 Å². The maximum absolute atomic E-state index is 11.9. The van der Waals surface area contributed by atoms with Crippen LogP contribution in [0.3, 0.4) is 0 Å². The Morgan fingerprint density at radius 2 is 2.00 bits per heavy atom. The maximum atomic E-state index is 11.9. The number of likely N-dealkylation sites (N-methyl/N-ethyl adjacent to an activating group) is 1. The van der Waals surface area contributed by atoms with Gasteiger partial charge in [-0.25, -0.2) is 0 Å². The fourth-order valence-corrected chi connectivity index (χ4v) is 3.79. The standard InChI is InChI=1S/C16H30N2O2/c1-2-18-16(15(17)19)10-4-7-14(16)9-12-20-11-8-13-5-3-6-13/h13-14,18H,2-12H2,1H3,(H2,17,19). The van der Waals surface area contributed by atoms with Crippen molar-refractivity contribution in [2.24, 2.45) is 17.6 Å². The lowest BCUT2D eigenvalue weighted by Gasteiger charge is -2.33. The molecule has 2 aliphatic rings. The molecule has 116 valence electrons. The van der Waals surface area contributed by atoms with E-state index in [-0.39, 0.29) is 5.91 Å². The largest absolute Gasteiger partial charge is 0.381 e. The number of primary amides is 1. The van der Waals surface area contributed by atoms with Gasteiger partial charge in [-0.2, -0.15) is 0 Å². The zero-order valence-electron chi connectivity index (χ0n) is 12.8. The summed E-state index contributed by atoms with van der Waals surface area (Å²) < 4.78 is 5.77. The lowest BCUT2D eigenvalue weighted by Crippen LogP contribution is -2.58. The highest BCUT2D eigenvalue weighted by Gasteiger charge is 2.46. The Labute approximate surface area is 122 Å². The normalized spacial score (nSPS) is 30.4. The minimum absolute atomic E-state index is 0.184. The van der Waals surface area contributed by atoms with Crippen LogP contribution in [-0.4, -0.2) is 31.2 Å². The predicted molar refractivity (Wildman–Crippen MR) is 80.3 cm³/mol. The highest BCUT2D eigenvalue weighted by Crippen LogP contribution is 2.38. The van der Waals surface area contributed by atoms with Gasteiger partial charge in [0.15, 0.2) is 0 Å². The van der Waals surface area contributed by atoms with Crippen molar-refractivity contribution in [1.29, 1.82) is 0 Å². The fourth-order valence-electron chi connectivity index (χ4n) is 3.79. The molecule has 0 spiro atoms. The summed E-state index contributed by atoms with van der Waals surface area (Å²) in [5.74, 6) is 1.06. The summed E-state index contributed by atoms with van der Waals surface area (Å²) in [7, 11) is 0. The van der Waals surface area contributed by atoms with Crippen molar-refractivity contribution < 1.29 is 9.53 Å². The van der Waals surface area contributed by atoms with Gasteiger partial charge < -0.3 is 15.8 Å². The minimum atomic E-state index is -0.480. The number of rotatable bonds is 9. The van der Waals surface area contributed by atoms with E-state index in [1.165, 1.54) is 25.7 Å². The van der Waals surface area contributed by atoms with Crippen molar-refractivity contribution in [3.8, 4) is 0 Å². The van der Waals surface area contributed by atoms with Gasteiger partial charge in [0.25, 0.3) is 0 Å². The number of hydrogen-bond donors (Lipinski definition) is 2. The van der Waals surface area contributed by atoms with Crippen LogP contribution in [0.5, 0.6) is 0 Å². The van der Waals surface area contributed by atoms with E-state index in [1.54, 1.807) is 0 Å².